The summed E-state index contributed by atoms with van der Waals surface area (Å²) in [6, 6.07) is 4.44. The van der Waals surface area contributed by atoms with E-state index in [4.69, 9.17) is 5.11 Å². The van der Waals surface area contributed by atoms with Crippen molar-refractivity contribution in [3.8, 4) is 0 Å². The first-order valence-electron chi connectivity index (χ1n) is 5.32. The molecule has 0 fully saturated rings. The molecule has 7 heteroatoms. The highest BCUT2D eigenvalue weighted by molar-refractivity contribution is 9.10. The first-order chi connectivity index (χ1) is 8.31. The van der Waals surface area contributed by atoms with Crippen molar-refractivity contribution in [2.24, 2.45) is 0 Å². The molecule has 18 heavy (non-hydrogen) atoms. The first kappa shape index (κ1) is 13.4. The van der Waals surface area contributed by atoms with Gasteiger partial charge in [0.15, 0.2) is 9.84 Å². The van der Waals surface area contributed by atoms with Crippen LogP contribution in [0.1, 0.15) is 6.92 Å². The summed E-state index contributed by atoms with van der Waals surface area (Å²) in [5, 5.41) is 8.91. The van der Waals surface area contributed by atoms with E-state index >= 15 is 0 Å². The minimum absolute atomic E-state index is 0.0606. The van der Waals surface area contributed by atoms with Crippen LogP contribution in [0.4, 0.5) is 5.69 Å². The monoisotopic (exact) mass is 333 g/mol. The van der Waals surface area contributed by atoms with Gasteiger partial charge in [-0.3, -0.25) is 4.79 Å². The molecule has 0 aromatic heterocycles. The van der Waals surface area contributed by atoms with Gasteiger partial charge in [-0.25, -0.2) is 8.42 Å². The second-order valence-corrected chi connectivity index (χ2v) is 7.18. The van der Waals surface area contributed by atoms with Crippen LogP contribution in [0.2, 0.25) is 0 Å². The zero-order chi connectivity index (χ0) is 13.5. The summed E-state index contributed by atoms with van der Waals surface area (Å²) in [5.41, 5.74) is 0.450. The van der Waals surface area contributed by atoms with Crippen LogP contribution < -0.4 is 4.90 Å². The normalized spacial score (nSPS) is 21.4. The Kier molecular flexibility index (Phi) is 3.37. The quantitative estimate of drug-likeness (QED) is 0.888. The van der Waals surface area contributed by atoms with Gasteiger partial charge in [-0.15, -0.1) is 0 Å². The Morgan fingerprint density at radius 1 is 1.56 bits per heavy atom. The average molecular weight is 334 g/mol. The van der Waals surface area contributed by atoms with Crippen LogP contribution in [0.25, 0.3) is 0 Å². The molecule has 5 nitrogen and oxygen atoms in total. The number of rotatable bonds is 2. The van der Waals surface area contributed by atoms with Gasteiger partial charge in [0.25, 0.3) is 0 Å². The molecule has 1 N–H and O–H groups in total. The molecule has 1 aromatic rings. The molecule has 2 rings (SSSR count). The highest BCUT2D eigenvalue weighted by Crippen LogP contribution is 2.35. The Morgan fingerprint density at radius 2 is 2.22 bits per heavy atom. The van der Waals surface area contributed by atoms with Crippen LogP contribution in [0.5, 0.6) is 0 Å². The van der Waals surface area contributed by atoms with Crippen molar-refractivity contribution in [2.45, 2.75) is 17.9 Å². The maximum Gasteiger partial charge on any atom is 0.323 e. The van der Waals surface area contributed by atoms with Crippen molar-refractivity contribution in [1.29, 1.82) is 0 Å². The van der Waals surface area contributed by atoms with Crippen molar-refractivity contribution in [3.05, 3.63) is 22.7 Å². The Balaban J connectivity index is 2.59. The molecule has 0 spiro atoms. The lowest BCUT2D eigenvalue weighted by Gasteiger charge is -2.35. The predicted molar refractivity (Wildman–Crippen MR) is 70.6 cm³/mol. The van der Waals surface area contributed by atoms with Crippen molar-refractivity contribution in [2.75, 3.05) is 17.2 Å². The highest BCUT2D eigenvalue weighted by Gasteiger charge is 2.34. The summed E-state index contributed by atoms with van der Waals surface area (Å²) in [6.45, 7) is 1.50. The third kappa shape index (κ3) is 2.37. The molecular weight excluding hydrogens is 322 g/mol. The number of halogens is 1. The van der Waals surface area contributed by atoms with Crippen LogP contribution in [-0.2, 0) is 14.6 Å². The summed E-state index contributed by atoms with van der Waals surface area (Å²) in [4.78, 5) is 12.7. The van der Waals surface area contributed by atoms with Gasteiger partial charge in [-0.2, -0.15) is 0 Å². The molecule has 1 unspecified atom stereocenters. The molecule has 1 heterocycles. The second-order valence-electron chi connectivity index (χ2n) is 4.26. The van der Waals surface area contributed by atoms with Crippen molar-refractivity contribution < 1.29 is 18.3 Å². The molecule has 1 atom stereocenters. The number of carbonyl (C=O) groups is 1. The van der Waals surface area contributed by atoms with Crippen LogP contribution in [0.3, 0.4) is 0 Å². The summed E-state index contributed by atoms with van der Waals surface area (Å²) < 4.78 is 24.8. The lowest BCUT2D eigenvalue weighted by atomic mass is 10.2. The molecule has 1 aliphatic rings. The number of carboxylic acid groups (broad SMARTS) is 1. The number of carboxylic acids is 1. The van der Waals surface area contributed by atoms with Gasteiger partial charge in [-0.05, 0) is 25.1 Å². The molecule has 0 bridgehead atoms. The van der Waals surface area contributed by atoms with E-state index in [9.17, 15) is 13.2 Å². The number of sulfone groups is 1. The van der Waals surface area contributed by atoms with Crippen LogP contribution in [-0.4, -0.2) is 37.8 Å². The molecule has 0 amide bonds. The fraction of sp³-hybridized carbons (Fsp3) is 0.364. The van der Waals surface area contributed by atoms with Gasteiger partial charge in [0.1, 0.15) is 6.54 Å². The summed E-state index contributed by atoms with van der Waals surface area (Å²) >= 11 is 3.27. The fourth-order valence-electron chi connectivity index (χ4n) is 2.10. The molecular formula is C11H12BrNO4S. The Labute approximate surface area is 113 Å². The van der Waals surface area contributed by atoms with Crippen LogP contribution in [0.15, 0.2) is 27.6 Å². The molecule has 0 aliphatic carbocycles. The lowest BCUT2D eigenvalue weighted by molar-refractivity contribution is -0.135. The molecule has 0 saturated heterocycles. The Morgan fingerprint density at radius 3 is 2.83 bits per heavy atom. The number of benzene rings is 1. The van der Waals surface area contributed by atoms with Crippen LogP contribution >= 0.6 is 15.9 Å². The molecule has 0 saturated carbocycles. The fourth-order valence-corrected chi connectivity index (χ4v) is 4.21. The van der Waals surface area contributed by atoms with E-state index in [0.29, 0.717) is 5.69 Å². The molecule has 0 radical (unpaired) electrons. The van der Waals surface area contributed by atoms with E-state index in [1.807, 2.05) is 0 Å². The van der Waals surface area contributed by atoms with Crippen molar-refractivity contribution >= 4 is 37.4 Å². The van der Waals surface area contributed by atoms with Gasteiger partial charge < -0.3 is 10.0 Å². The number of nitrogens with zero attached hydrogens (tertiary/aromatic N) is 1. The Hall–Kier alpha value is -1.08. The Bertz CT molecular complexity index is 599. The third-order valence-corrected chi connectivity index (χ3v) is 5.29. The largest absolute Gasteiger partial charge is 0.480 e. The maximum absolute atomic E-state index is 12.0. The van der Waals surface area contributed by atoms with Crippen molar-refractivity contribution in [3.63, 3.8) is 0 Å². The average Bonchev–Trinajstić information content (AvgIpc) is 2.22. The predicted octanol–water partition coefficient (Wildman–Crippen LogP) is 1.52. The van der Waals surface area contributed by atoms with Gasteiger partial charge in [0.2, 0.25) is 0 Å². The van der Waals surface area contributed by atoms with E-state index in [-0.39, 0.29) is 23.2 Å². The van der Waals surface area contributed by atoms with E-state index in [1.54, 1.807) is 24.0 Å². The minimum atomic E-state index is -3.33. The van der Waals surface area contributed by atoms with Gasteiger partial charge in [-0.1, -0.05) is 15.9 Å². The number of anilines is 1. The lowest BCUT2D eigenvalue weighted by Crippen LogP contribution is -2.45. The summed E-state index contributed by atoms with van der Waals surface area (Å²) in [5.74, 6) is -1.04. The van der Waals surface area contributed by atoms with Crippen LogP contribution in [0, 0.1) is 0 Å². The maximum atomic E-state index is 12.0. The van der Waals surface area contributed by atoms with E-state index < -0.39 is 15.8 Å². The van der Waals surface area contributed by atoms with Gasteiger partial charge in [0, 0.05) is 10.5 Å². The zero-order valence-electron chi connectivity index (χ0n) is 9.63. The van der Waals surface area contributed by atoms with E-state index in [0.717, 1.165) is 4.47 Å². The molecule has 98 valence electrons. The zero-order valence-corrected chi connectivity index (χ0v) is 12.0. The number of aliphatic carboxylic acids is 1. The number of hydrogen-bond acceptors (Lipinski definition) is 4. The molecule has 1 aromatic carbocycles. The topological polar surface area (TPSA) is 74.7 Å². The number of hydrogen-bond donors (Lipinski definition) is 1. The minimum Gasteiger partial charge on any atom is -0.480 e. The van der Waals surface area contributed by atoms with Gasteiger partial charge in [0.05, 0.1) is 16.3 Å². The highest BCUT2D eigenvalue weighted by atomic mass is 79.9. The van der Waals surface area contributed by atoms with E-state index in [1.165, 1.54) is 6.07 Å². The van der Waals surface area contributed by atoms with Crippen molar-refractivity contribution in [1.82, 2.24) is 0 Å². The number of fused-ring (bicyclic) bond motifs is 1. The SMILES string of the molecule is CC1CS(=O)(=O)c2ccc(Br)cc2N1CC(=O)O. The van der Waals surface area contributed by atoms with E-state index in [2.05, 4.69) is 15.9 Å². The first-order valence-corrected chi connectivity index (χ1v) is 7.76. The second kappa shape index (κ2) is 4.55. The summed E-state index contributed by atoms with van der Waals surface area (Å²) in [6.07, 6.45) is 0. The molecule has 1 aliphatic heterocycles. The smallest absolute Gasteiger partial charge is 0.323 e. The third-order valence-electron chi connectivity index (χ3n) is 2.86. The summed E-state index contributed by atoms with van der Waals surface area (Å²) in [7, 11) is -3.33. The van der Waals surface area contributed by atoms with Gasteiger partial charge >= 0.3 is 5.97 Å². The standard InChI is InChI=1S/C11H12BrNO4S/c1-7-6-18(16,17)10-3-2-8(12)4-9(10)13(7)5-11(14)15/h2-4,7H,5-6H2,1H3,(H,14,15).